The van der Waals surface area contributed by atoms with E-state index in [2.05, 4.69) is 15.0 Å². The molecule has 2 aromatic carbocycles. The van der Waals surface area contributed by atoms with Gasteiger partial charge < -0.3 is 4.74 Å². The van der Waals surface area contributed by atoms with Crippen LogP contribution in [-0.4, -0.2) is 19.1 Å². The highest BCUT2D eigenvalue weighted by Gasteiger charge is 2.09. The second-order valence-electron chi connectivity index (χ2n) is 7.33. The number of pyridine rings is 1. The molecule has 0 radical (unpaired) electrons. The second kappa shape index (κ2) is 9.70. The highest BCUT2D eigenvalue weighted by molar-refractivity contribution is 6.30. The molecule has 8 nitrogen and oxygen atoms in total. The van der Waals surface area contributed by atoms with Crippen molar-refractivity contribution in [2.75, 3.05) is 0 Å². The van der Waals surface area contributed by atoms with Crippen LogP contribution in [0.5, 0.6) is 11.5 Å². The number of H-pyrrole nitrogens is 1. The molecule has 0 saturated carbocycles. The summed E-state index contributed by atoms with van der Waals surface area (Å²) >= 11 is 5.97. The lowest BCUT2D eigenvalue weighted by molar-refractivity contribution is 0.481. The van der Waals surface area contributed by atoms with Gasteiger partial charge in [-0.2, -0.15) is 0 Å². The summed E-state index contributed by atoms with van der Waals surface area (Å²) in [6, 6.07) is 17.8. The van der Waals surface area contributed by atoms with Gasteiger partial charge in [-0.05, 0) is 61.9 Å². The summed E-state index contributed by atoms with van der Waals surface area (Å²) in [5, 5.41) is 0.602. The third kappa shape index (κ3) is 5.30. The van der Waals surface area contributed by atoms with E-state index in [0.717, 1.165) is 15.8 Å². The lowest BCUT2D eigenvalue weighted by atomic mass is 10.2. The maximum atomic E-state index is 13.0. The fourth-order valence-electron chi connectivity index (χ4n) is 3.27. The standard InChI is InChI=1S/C24H22ClN5O3/c1-3-29-23(31)28-22(30(24(29)32)15-17-4-6-18(25)7-5-17)27-19-8-10-20(11-9-19)33-21-12-13-26-16(2)14-21/h4-14H,3,15H2,1-2H3,(H,27,28,31). The highest BCUT2D eigenvalue weighted by atomic mass is 35.5. The Balaban J connectivity index is 1.71. The molecule has 0 aliphatic carbocycles. The average molecular weight is 464 g/mol. The molecule has 0 atom stereocenters. The monoisotopic (exact) mass is 463 g/mol. The first-order valence-electron chi connectivity index (χ1n) is 10.4. The van der Waals surface area contributed by atoms with Crippen LogP contribution in [0.2, 0.25) is 5.02 Å². The van der Waals surface area contributed by atoms with E-state index in [1.165, 1.54) is 4.57 Å². The third-order valence-electron chi connectivity index (χ3n) is 4.93. The van der Waals surface area contributed by atoms with Gasteiger partial charge in [0.05, 0.1) is 12.2 Å². The van der Waals surface area contributed by atoms with E-state index in [1.807, 2.05) is 25.1 Å². The number of hydrogen-bond donors (Lipinski definition) is 1. The highest BCUT2D eigenvalue weighted by Crippen LogP contribution is 2.23. The maximum absolute atomic E-state index is 13.0. The largest absolute Gasteiger partial charge is 0.457 e. The lowest BCUT2D eigenvalue weighted by Gasteiger charge is -2.10. The molecule has 9 heteroatoms. The molecule has 0 bridgehead atoms. The SMILES string of the molecule is CCn1c(=O)[nH]/c(=N\c2ccc(Oc3ccnc(C)c3)cc2)n(Cc2ccc(Cl)cc2)c1=O. The normalized spacial score (nSPS) is 11.5. The molecule has 0 spiro atoms. The van der Waals surface area contributed by atoms with Gasteiger partial charge in [-0.1, -0.05) is 23.7 Å². The Labute approximate surface area is 194 Å². The minimum Gasteiger partial charge on any atom is -0.457 e. The van der Waals surface area contributed by atoms with E-state index in [0.29, 0.717) is 22.2 Å². The van der Waals surface area contributed by atoms with Gasteiger partial charge in [0, 0.05) is 29.5 Å². The Morgan fingerprint density at radius 1 is 1.00 bits per heavy atom. The zero-order chi connectivity index (χ0) is 23.4. The minimum atomic E-state index is -0.512. The van der Waals surface area contributed by atoms with Gasteiger partial charge in [0.25, 0.3) is 0 Å². The van der Waals surface area contributed by atoms with E-state index in [9.17, 15) is 9.59 Å². The molecule has 0 fully saturated rings. The molecular formula is C24H22ClN5O3. The van der Waals surface area contributed by atoms with Crippen LogP contribution in [0.3, 0.4) is 0 Å². The number of rotatable bonds is 6. The molecule has 0 unspecified atom stereocenters. The molecule has 0 aliphatic heterocycles. The number of nitrogens with one attached hydrogen (secondary N) is 1. The zero-order valence-electron chi connectivity index (χ0n) is 18.2. The van der Waals surface area contributed by atoms with Crippen LogP contribution in [0.15, 0.2) is 81.4 Å². The van der Waals surface area contributed by atoms with Crippen LogP contribution in [0.25, 0.3) is 0 Å². The zero-order valence-corrected chi connectivity index (χ0v) is 18.9. The first-order valence-corrected chi connectivity index (χ1v) is 10.7. The molecule has 1 N–H and O–H groups in total. The number of ether oxygens (including phenoxy) is 1. The fraction of sp³-hybridized carbons (Fsp3) is 0.167. The summed E-state index contributed by atoms with van der Waals surface area (Å²) in [5.41, 5.74) is 1.47. The number of benzene rings is 2. The van der Waals surface area contributed by atoms with E-state index in [-0.39, 0.29) is 18.7 Å². The third-order valence-corrected chi connectivity index (χ3v) is 5.18. The molecule has 4 aromatic rings. The Bertz CT molecular complexity index is 1450. The van der Waals surface area contributed by atoms with Crippen molar-refractivity contribution in [3.05, 3.63) is 110 Å². The van der Waals surface area contributed by atoms with Gasteiger partial charge in [0.15, 0.2) is 0 Å². The molecule has 0 aliphatic rings. The van der Waals surface area contributed by atoms with Gasteiger partial charge in [0.1, 0.15) is 11.5 Å². The number of aryl methyl sites for hydroxylation is 1. The minimum absolute atomic E-state index is 0.156. The quantitative estimate of drug-likeness (QED) is 0.470. The Morgan fingerprint density at radius 2 is 1.73 bits per heavy atom. The van der Waals surface area contributed by atoms with E-state index >= 15 is 0 Å². The molecule has 2 aromatic heterocycles. The molecule has 0 saturated heterocycles. The fourth-order valence-corrected chi connectivity index (χ4v) is 3.39. The summed E-state index contributed by atoms with van der Waals surface area (Å²) in [4.78, 5) is 36.8. The smallest absolute Gasteiger partial charge is 0.335 e. The van der Waals surface area contributed by atoms with Crippen molar-refractivity contribution in [2.45, 2.75) is 26.9 Å². The predicted molar refractivity (Wildman–Crippen MR) is 126 cm³/mol. The second-order valence-corrected chi connectivity index (χ2v) is 7.77. The molecule has 0 amide bonds. The van der Waals surface area contributed by atoms with Crippen molar-refractivity contribution in [1.29, 1.82) is 0 Å². The van der Waals surface area contributed by atoms with E-state index in [4.69, 9.17) is 16.3 Å². The van der Waals surface area contributed by atoms with Crippen LogP contribution < -0.4 is 21.7 Å². The summed E-state index contributed by atoms with van der Waals surface area (Å²) in [5.74, 6) is 1.31. The summed E-state index contributed by atoms with van der Waals surface area (Å²) in [7, 11) is 0. The van der Waals surface area contributed by atoms with Crippen molar-refractivity contribution >= 4 is 17.3 Å². The maximum Gasteiger partial charge on any atom is 0.335 e. The van der Waals surface area contributed by atoms with Crippen molar-refractivity contribution in [2.24, 2.45) is 4.99 Å². The van der Waals surface area contributed by atoms with Gasteiger partial charge >= 0.3 is 11.4 Å². The first-order chi connectivity index (χ1) is 15.9. The number of aromatic nitrogens is 4. The molecule has 4 rings (SSSR count). The topological polar surface area (TPSA) is 94.3 Å². The van der Waals surface area contributed by atoms with Crippen molar-refractivity contribution in [3.8, 4) is 11.5 Å². The molecular weight excluding hydrogens is 442 g/mol. The van der Waals surface area contributed by atoms with Gasteiger partial charge in [0.2, 0.25) is 5.62 Å². The predicted octanol–water partition coefficient (Wildman–Crippen LogP) is 3.79. The van der Waals surface area contributed by atoms with Crippen LogP contribution in [0.1, 0.15) is 18.2 Å². The van der Waals surface area contributed by atoms with Crippen LogP contribution in [0, 0.1) is 6.92 Å². The van der Waals surface area contributed by atoms with E-state index in [1.54, 1.807) is 55.6 Å². The first kappa shape index (κ1) is 22.3. The Morgan fingerprint density at radius 3 is 2.39 bits per heavy atom. The number of aromatic amines is 1. The van der Waals surface area contributed by atoms with E-state index < -0.39 is 11.4 Å². The average Bonchev–Trinajstić information content (AvgIpc) is 2.79. The number of halogens is 1. The Hall–Kier alpha value is -3.91. The summed E-state index contributed by atoms with van der Waals surface area (Å²) < 4.78 is 8.39. The van der Waals surface area contributed by atoms with Crippen LogP contribution in [-0.2, 0) is 13.1 Å². The van der Waals surface area contributed by atoms with Gasteiger partial charge in [-0.3, -0.25) is 14.5 Å². The van der Waals surface area contributed by atoms with Crippen LogP contribution >= 0.6 is 11.6 Å². The number of hydrogen-bond acceptors (Lipinski definition) is 5. The number of nitrogens with zero attached hydrogens (tertiary/aromatic N) is 4. The summed E-state index contributed by atoms with van der Waals surface area (Å²) in [6.07, 6.45) is 1.68. The van der Waals surface area contributed by atoms with Crippen LogP contribution in [0.4, 0.5) is 5.69 Å². The van der Waals surface area contributed by atoms with Crippen molar-refractivity contribution in [1.82, 2.24) is 19.1 Å². The molecule has 33 heavy (non-hydrogen) atoms. The summed E-state index contributed by atoms with van der Waals surface area (Å²) in [6.45, 7) is 4.11. The lowest BCUT2D eigenvalue weighted by Crippen LogP contribution is -2.49. The van der Waals surface area contributed by atoms with Gasteiger partial charge in [-0.25, -0.2) is 19.1 Å². The molecule has 2 heterocycles. The molecule has 168 valence electrons. The van der Waals surface area contributed by atoms with Crippen molar-refractivity contribution in [3.63, 3.8) is 0 Å². The Kier molecular flexibility index (Phi) is 6.55. The van der Waals surface area contributed by atoms with Gasteiger partial charge in [-0.15, -0.1) is 0 Å². The van der Waals surface area contributed by atoms with Crippen molar-refractivity contribution < 1.29 is 4.74 Å².